The normalized spacial score (nSPS) is 12.5. The number of H-pyrrole nitrogens is 4. The number of pyridine rings is 2. The Morgan fingerprint density at radius 2 is 0.431 bits per heavy atom. The van der Waals surface area contributed by atoms with E-state index in [0.29, 0.717) is 0 Å². The number of aryl methyl sites for hydroxylation is 4. The van der Waals surface area contributed by atoms with Gasteiger partial charge in [-0.05, 0) is 210 Å². The van der Waals surface area contributed by atoms with Gasteiger partial charge in [-0.3, -0.25) is 9.97 Å². The second kappa shape index (κ2) is 37.6. The van der Waals surface area contributed by atoms with Crippen molar-refractivity contribution in [3.63, 3.8) is 0 Å². The molecular formula is C92H116N10. The molecule has 10 heteroatoms. The molecule has 102 heavy (non-hydrogen) atoms. The van der Waals surface area contributed by atoms with Crippen LogP contribution >= 0.6 is 0 Å². The van der Waals surface area contributed by atoms with E-state index in [1.807, 2.05) is 12.4 Å². The van der Waals surface area contributed by atoms with Crippen molar-refractivity contribution >= 4 is 92.7 Å². The summed E-state index contributed by atoms with van der Waals surface area (Å²) in [7, 11) is 0. The topological polar surface area (TPSA) is 140 Å². The van der Waals surface area contributed by atoms with Crippen LogP contribution in [0.3, 0.4) is 0 Å². The predicted molar refractivity (Wildman–Crippen MR) is 438 cm³/mol. The molecule has 0 aromatic carbocycles. The van der Waals surface area contributed by atoms with Gasteiger partial charge in [0.05, 0.1) is 56.9 Å². The van der Waals surface area contributed by atoms with Crippen LogP contribution < -0.4 is 0 Å². The quantitative estimate of drug-likeness (QED) is 0.0283. The van der Waals surface area contributed by atoms with Crippen molar-refractivity contribution in [1.82, 2.24) is 49.8 Å². The molecule has 0 amide bonds. The third-order valence-electron chi connectivity index (χ3n) is 21.7. The third-order valence-corrected chi connectivity index (χ3v) is 21.7. The first-order valence-electron chi connectivity index (χ1n) is 40.6. The van der Waals surface area contributed by atoms with Crippen molar-refractivity contribution in [2.75, 3.05) is 0 Å². The summed E-state index contributed by atoms with van der Waals surface area (Å²) in [6.07, 6.45) is 64.1. The van der Waals surface area contributed by atoms with Gasteiger partial charge in [0, 0.05) is 101 Å². The molecule has 0 saturated heterocycles. The number of aromatic nitrogens is 10. The van der Waals surface area contributed by atoms with Gasteiger partial charge in [0.2, 0.25) is 0 Å². The van der Waals surface area contributed by atoms with E-state index < -0.39 is 0 Å². The molecule has 0 saturated carbocycles. The Kier molecular flexibility index (Phi) is 27.0. The summed E-state index contributed by atoms with van der Waals surface area (Å²) < 4.78 is 0. The number of hydrogen-bond acceptors (Lipinski definition) is 6. The van der Waals surface area contributed by atoms with E-state index in [9.17, 15) is 0 Å². The minimum atomic E-state index is 0.796. The minimum Gasteiger partial charge on any atom is -0.355 e. The van der Waals surface area contributed by atoms with Crippen LogP contribution in [0.4, 0.5) is 0 Å². The minimum absolute atomic E-state index is 0.796. The SMILES string of the molecule is CCCCCCCc1c2nc(c(CCCCCCC)c3ccc([nH]3)c(-c3ccnc(-c4cc(-c5c6ccc([nH]6)c(CCCCCCC)c6nc(c(CCCCCCC)c7nc(c(CCCCCCC)c8ccc5[nH]8)C=C7)C=C6)ccn4)c3)c3ccc([nH]3)c(CCCCCCC)c3nc1C=C3)C=C2. The lowest BCUT2D eigenvalue weighted by Gasteiger charge is -2.09. The Morgan fingerprint density at radius 1 is 0.225 bits per heavy atom. The molecule has 12 rings (SSSR count). The number of hydrogen-bond donors (Lipinski definition) is 4. The molecule has 4 aliphatic heterocycles. The van der Waals surface area contributed by atoms with E-state index in [1.165, 1.54) is 187 Å². The van der Waals surface area contributed by atoms with Gasteiger partial charge in [-0.1, -0.05) is 196 Å². The lowest BCUT2D eigenvalue weighted by Crippen LogP contribution is -1.97. The highest BCUT2D eigenvalue weighted by Crippen LogP contribution is 2.38. The lowest BCUT2D eigenvalue weighted by molar-refractivity contribution is 0.630. The standard InChI is InChI=1S/C92H116N10/c1-7-13-19-25-31-37-67-73-43-47-77(95-73)69(39-33-27-21-15-9-3)81-51-55-85(99-81)91(86-56-52-82(100-86)70(40-34-28-22-16-10-4)78-48-44-74(67)96-78)65-59-61-93-89(63-65)90-64-66(60-62-94-90)92-87-57-53-83(101-87)71(41-35-29-23-17-11-5)79-49-45-75(97-79)68(38-32-26-20-14-8-2)76-46-50-80(98-76)72(42-36-30-24-18-12-6)84-54-58-88(92)102-84/h43-64,99-102H,7-42H2,1-6H3. The van der Waals surface area contributed by atoms with Crippen LogP contribution in [0, 0.1) is 0 Å². The van der Waals surface area contributed by atoms with Crippen LogP contribution in [0.5, 0.6) is 0 Å². The average Bonchev–Trinajstić information content (AvgIpc) is 1.61. The molecule has 534 valence electrons. The maximum absolute atomic E-state index is 5.60. The van der Waals surface area contributed by atoms with Crippen LogP contribution in [-0.4, -0.2) is 49.8 Å². The van der Waals surface area contributed by atoms with Crippen molar-refractivity contribution in [1.29, 1.82) is 0 Å². The summed E-state index contributed by atoms with van der Waals surface area (Å²) in [6.45, 7) is 13.8. The van der Waals surface area contributed by atoms with Gasteiger partial charge in [-0.2, -0.15) is 0 Å². The van der Waals surface area contributed by atoms with Crippen molar-refractivity contribution in [2.24, 2.45) is 0 Å². The monoisotopic (exact) mass is 1360 g/mol. The van der Waals surface area contributed by atoms with Gasteiger partial charge < -0.3 is 19.9 Å². The molecule has 4 aliphatic rings. The zero-order valence-corrected chi connectivity index (χ0v) is 62.8. The Morgan fingerprint density at radius 3 is 0.667 bits per heavy atom. The van der Waals surface area contributed by atoms with E-state index in [2.05, 4.69) is 183 Å². The van der Waals surface area contributed by atoms with E-state index >= 15 is 0 Å². The molecule has 0 unspecified atom stereocenters. The van der Waals surface area contributed by atoms with Gasteiger partial charge in [-0.15, -0.1) is 0 Å². The predicted octanol–water partition coefficient (Wildman–Crippen LogP) is 26.5. The molecule has 0 radical (unpaired) electrons. The summed E-state index contributed by atoms with van der Waals surface area (Å²) in [6, 6.07) is 27.2. The summed E-state index contributed by atoms with van der Waals surface area (Å²) in [5.41, 5.74) is 30.4. The van der Waals surface area contributed by atoms with E-state index in [-0.39, 0.29) is 0 Å². The summed E-state index contributed by atoms with van der Waals surface area (Å²) in [5.74, 6) is 0. The Bertz CT molecular complexity index is 4080. The molecule has 8 aromatic heterocycles. The van der Waals surface area contributed by atoms with Crippen molar-refractivity contribution in [2.45, 2.75) is 273 Å². The first-order valence-corrected chi connectivity index (χ1v) is 40.6. The maximum Gasteiger partial charge on any atom is 0.0892 e. The molecule has 4 N–H and O–H groups in total. The van der Waals surface area contributed by atoms with Crippen LogP contribution in [0.25, 0.3) is 126 Å². The van der Waals surface area contributed by atoms with Crippen LogP contribution in [0.1, 0.15) is 313 Å². The van der Waals surface area contributed by atoms with E-state index in [0.717, 1.165) is 200 Å². The first kappa shape index (κ1) is 73.3. The molecule has 8 aromatic rings. The van der Waals surface area contributed by atoms with E-state index in [1.54, 1.807) is 0 Å². The Hall–Kier alpha value is -8.50. The number of rotatable bonds is 39. The number of fused-ring (bicyclic) bond motifs is 16. The van der Waals surface area contributed by atoms with Crippen LogP contribution in [0.2, 0.25) is 0 Å². The largest absolute Gasteiger partial charge is 0.355 e. The number of unbranched alkanes of at least 4 members (excludes halogenated alkanes) is 24. The third kappa shape index (κ3) is 18.5. The molecule has 0 aliphatic carbocycles. The van der Waals surface area contributed by atoms with Crippen molar-refractivity contribution in [3.05, 3.63) is 164 Å². The number of nitrogens with zero attached hydrogens (tertiary/aromatic N) is 6. The lowest BCUT2D eigenvalue weighted by atomic mass is 10.0. The molecule has 0 spiro atoms. The van der Waals surface area contributed by atoms with Gasteiger partial charge >= 0.3 is 0 Å². The first-order chi connectivity index (χ1) is 50.4. The average molecular weight is 1360 g/mol. The van der Waals surface area contributed by atoms with Crippen LogP contribution in [-0.2, 0) is 38.5 Å². The highest BCUT2D eigenvalue weighted by atomic mass is 14.8. The number of nitrogens with one attached hydrogen (secondary N) is 4. The highest BCUT2D eigenvalue weighted by molar-refractivity contribution is 5.97. The zero-order valence-electron chi connectivity index (χ0n) is 62.8. The molecule has 0 fully saturated rings. The van der Waals surface area contributed by atoms with Gasteiger partial charge in [-0.25, -0.2) is 19.9 Å². The summed E-state index contributed by atoms with van der Waals surface area (Å²) in [4.78, 5) is 49.1. The summed E-state index contributed by atoms with van der Waals surface area (Å²) in [5, 5.41) is 0. The second-order valence-electron chi connectivity index (χ2n) is 29.5. The van der Waals surface area contributed by atoms with E-state index in [4.69, 9.17) is 29.9 Å². The fourth-order valence-electron chi connectivity index (χ4n) is 15.8. The van der Waals surface area contributed by atoms with Crippen LogP contribution in [0.15, 0.2) is 85.2 Å². The second-order valence-corrected chi connectivity index (χ2v) is 29.5. The zero-order chi connectivity index (χ0) is 70.2. The molecular weight excluding hydrogens is 1250 g/mol. The fourth-order valence-corrected chi connectivity index (χ4v) is 15.8. The smallest absolute Gasteiger partial charge is 0.0892 e. The van der Waals surface area contributed by atoms with Crippen molar-refractivity contribution in [3.8, 4) is 33.6 Å². The summed E-state index contributed by atoms with van der Waals surface area (Å²) >= 11 is 0. The van der Waals surface area contributed by atoms with Gasteiger partial charge in [0.1, 0.15) is 0 Å². The number of aromatic amines is 4. The molecule has 16 bridgehead atoms. The molecule has 12 heterocycles. The molecule has 10 nitrogen and oxygen atoms in total. The Balaban J connectivity index is 1.02. The highest BCUT2D eigenvalue weighted by Gasteiger charge is 2.22. The van der Waals surface area contributed by atoms with Gasteiger partial charge in [0.15, 0.2) is 0 Å². The van der Waals surface area contributed by atoms with Crippen molar-refractivity contribution < 1.29 is 0 Å². The Labute approximate surface area is 609 Å². The van der Waals surface area contributed by atoms with Gasteiger partial charge in [0.25, 0.3) is 0 Å². The maximum atomic E-state index is 5.60. The molecule has 0 atom stereocenters. The fraction of sp³-hybridized carbons (Fsp3) is 0.457.